The molecule has 2 rings (SSSR count). The lowest BCUT2D eigenvalue weighted by Gasteiger charge is -2.17. The topological polar surface area (TPSA) is 60.2 Å². The van der Waals surface area contributed by atoms with E-state index < -0.39 is 0 Å². The Morgan fingerprint density at radius 3 is 2.86 bits per heavy atom. The van der Waals surface area contributed by atoms with Crippen LogP contribution < -0.4 is 4.74 Å². The first kappa shape index (κ1) is 15.3. The first-order valence-corrected chi connectivity index (χ1v) is 6.97. The number of carbonyl (C=O) groups excluding carboxylic acids is 1. The number of likely N-dealkylation sites (N-methyl/N-ethyl adjacent to an activating group) is 1. The number of hydrogen-bond acceptors (Lipinski definition) is 4. The Kier molecular flexibility index (Phi) is 5.57. The minimum absolute atomic E-state index is 0.0541. The number of nitrogens with zero attached hydrogens (tertiary/aromatic N) is 4. The lowest BCUT2D eigenvalue weighted by Crippen LogP contribution is -2.31. The summed E-state index contributed by atoms with van der Waals surface area (Å²) in [5.41, 5.74) is 0. The lowest BCUT2D eigenvalue weighted by molar-refractivity contribution is -0.130. The largest absolute Gasteiger partial charge is 0.492 e. The van der Waals surface area contributed by atoms with E-state index in [-0.39, 0.29) is 5.91 Å². The fourth-order valence-electron chi connectivity index (χ4n) is 1.74. The van der Waals surface area contributed by atoms with Crippen LogP contribution in [-0.4, -0.2) is 45.8 Å². The summed E-state index contributed by atoms with van der Waals surface area (Å²) in [5.74, 6) is 0.756. The average Bonchev–Trinajstić information content (AvgIpc) is 2.98. The van der Waals surface area contributed by atoms with Crippen molar-refractivity contribution in [3.63, 3.8) is 0 Å². The molecule has 1 aromatic carbocycles. The quantitative estimate of drug-likeness (QED) is 0.783. The average molecular weight is 309 g/mol. The number of benzene rings is 1. The summed E-state index contributed by atoms with van der Waals surface area (Å²) in [5, 5.41) is 8.02. The number of halogens is 1. The summed E-state index contributed by atoms with van der Waals surface area (Å²) in [6.45, 7) is 1.52. The summed E-state index contributed by atoms with van der Waals surface area (Å²) in [4.78, 5) is 13.6. The molecule has 0 N–H and O–H groups in total. The first-order valence-electron chi connectivity index (χ1n) is 6.60. The van der Waals surface area contributed by atoms with Crippen molar-refractivity contribution in [3.05, 3.63) is 41.9 Å². The van der Waals surface area contributed by atoms with Gasteiger partial charge in [-0.25, -0.2) is 0 Å². The second-order valence-corrected chi connectivity index (χ2v) is 5.01. The Balaban J connectivity index is 1.68. The molecule has 0 fully saturated rings. The highest BCUT2D eigenvalue weighted by Gasteiger charge is 2.08. The zero-order chi connectivity index (χ0) is 15.1. The van der Waals surface area contributed by atoms with Crippen molar-refractivity contribution in [2.75, 3.05) is 20.2 Å². The second kappa shape index (κ2) is 7.64. The fourth-order valence-corrected chi connectivity index (χ4v) is 1.92. The number of amides is 1. The van der Waals surface area contributed by atoms with Crippen LogP contribution >= 0.6 is 11.6 Å². The van der Waals surface area contributed by atoms with Gasteiger partial charge in [-0.2, -0.15) is 0 Å². The van der Waals surface area contributed by atoms with Crippen molar-refractivity contribution >= 4 is 17.5 Å². The molecule has 7 heteroatoms. The Hall–Kier alpha value is -2.08. The highest BCUT2D eigenvalue weighted by Crippen LogP contribution is 2.16. The molecule has 0 aliphatic carbocycles. The number of hydrogen-bond donors (Lipinski definition) is 0. The molecule has 0 spiro atoms. The molecule has 6 nitrogen and oxygen atoms in total. The highest BCUT2D eigenvalue weighted by molar-refractivity contribution is 6.30. The van der Waals surface area contributed by atoms with E-state index in [1.165, 1.54) is 0 Å². The van der Waals surface area contributed by atoms with Gasteiger partial charge in [-0.05, 0) is 18.2 Å². The third-order valence-electron chi connectivity index (χ3n) is 2.97. The van der Waals surface area contributed by atoms with Crippen molar-refractivity contribution in [2.45, 2.75) is 13.0 Å². The van der Waals surface area contributed by atoms with Gasteiger partial charge >= 0.3 is 0 Å². The molecule has 2 aromatic rings. The molecule has 0 atom stereocenters. The fraction of sp³-hybridized carbons (Fsp3) is 0.357. The molecule has 0 aliphatic heterocycles. The van der Waals surface area contributed by atoms with E-state index in [4.69, 9.17) is 16.3 Å². The van der Waals surface area contributed by atoms with Crippen LogP contribution in [-0.2, 0) is 11.3 Å². The van der Waals surface area contributed by atoms with Crippen molar-refractivity contribution in [1.82, 2.24) is 19.7 Å². The molecule has 21 heavy (non-hydrogen) atoms. The van der Waals surface area contributed by atoms with E-state index >= 15 is 0 Å². The van der Waals surface area contributed by atoms with Crippen molar-refractivity contribution in [2.24, 2.45) is 0 Å². The van der Waals surface area contributed by atoms with E-state index in [0.717, 1.165) is 0 Å². The van der Waals surface area contributed by atoms with Crippen molar-refractivity contribution in [3.8, 4) is 5.75 Å². The van der Waals surface area contributed by atoms with Gasteiger partial charge in [0.05, 0.1) is 6.54 Å². The Bertz CT molecular complexity index is 574. The molecule has 1 amide bonds. The van der Waals surface area contributed by atoms with Gasteiger partial charge in [0, 0.05) is 25.0 Å². The smallest absolute Gasteiger partial charge is 0.224 e. The van der Waals surface area contributed by atoms with Crippen LogP contribution in [0.3, 0.4) is 0 Å². The standard InChI is InChI=1S/C14H17ClN4O2/c1-18(14(20)5-6-19-10-16-17-11-19)7-8-21-13-4-2-3-12(15)9-13/h2-4,9-11H,5-8H2,1H3. The Morgan fingerprint density at radius 1 is 1.38 bits per heavy atom. The third kappa shape index (κ3) is 5.07. The van der Waals surface area contributed by atoms with Gasteiger partial charge in [0.15, 0.2) is 0 Å². The predicted molar refractivity (Wildman–Crippen MR) is 79.2 cm³/mol. The molecule has 1 heterocycles. The van der Waals surface area contributed by atoms with Crippen LogP contribution in [0.2, 0.25) is 5.02 Å². The third-order valence-corrected chi connectivity index (χ3v) is 3.20. The monoisotopic (exact) mass is 308 g/mol. The van der Waals surface area contributed by atoms with E-state index in [2.05, 4.69) is 10.2 Å². The van der Waals surface area contributed by atoms with Crippen molar-refractivity contribution in [1.29, 1.82) is 0 Å². The molecule has 112 valence electrons. The zero-order valence-electron chi connectivity index (χ0n) is 11.8. The summed E-state index contributed by atoms with van der Waals surface area (Å²) >= 11 is 5.87. The SMILES string of the molecule is CN(CCOc1cccc(Cl)c1)C(=O)CCn1cnnc1. The van der Waals surface area contributed by atoms with Crippen LogP contribution in [0.1, 0.15) is 6.42 Å². The number of aryl methyl sites for hydroxylation is 1. The normalized spacial score (nSPS) is 10.4. The Labute approximate surface area is 128 Å². The van der Waals surface area contributed by atoms with Gasteiger partial charge in [0.25, 0.3) is 0 Å². The molecule has 0 saturated carbocycles. The van der Waals surface area contributed by atoms with Gasteiger partial charge in [-0.1, -0.05) is 17.7 Å². The highest BCUT2D eigenvalue weighted by atomic mass is 35.5. The molecule has 0 aliphatic rings. The van der Waals surface area contributed by atoms with E-state index in [0.29, 0.717) is 36.9 Å². The van der Waals surface area contributed by atoms with Crippen LogP contribution in [0.25, 0.3) is 0 Å². The van der Waals surface area contributed by atoms with E-state index in [1.54, 1.807) is 41.3 Å². The van der Waals surface area contributed by atoms with Crippen LogP contribution in [0.4, 0.5) is 0 Å². The maximum absolute atomic E-state index is 11.9. The molecular weight excluding hydrogens is 292 g/mol. The maximum atomic E-state index is 11.9. The summed E-state index contributed by atoms with van der Waals surface area (Å²) in [6, 6.07) is 7.19. The van der Waals surface area contributed by atoms with E-state index in [1.807, 2.05) is 12.1 Å². The minimum atomic E-state index is 0.0541. The van der Waals surface area contributed by atoms with Gasteiger partial charge in [-0.15, -0.1) is 10.2 Å². The summed E-state index contributed by atoms with van der Waals surface area (Å²) in [7, 11) is 1.76. The first-order chi connectivity index (χ1) is 10.1. The molecular formula is C14H17ClN4O2. The van der Waals surface area contributed by atoms with Crippen LogP contribution in [0.15, 0.2) is 36.9 Å². The number of aromatic nitrogens is 3. The van der Waals surface area contributed by atoms with Crippen molar-refractivity contribution < 1.29 is 9.53 Å². The van der Waals surface area contributed by atoms with Gasteiger partial charge < -0.3 is 14.2 Å². The molecule has 0 bridgehead atoms. The van der Waals surface area contributed by atoms with E-state index in [9.17, 15) is 4.79 Å². The molecule has 0 unspecified atom stereocenters. The molecule has 0 radical (unpaired) electrons. The maximum Gasteiger partial charge on any atom is 0.224 e. The van der Waals surface area contributed by atoms with Gasteiger partial charge in [0.1, 0.15) is 25.0 Å². The summed E-state index contributed by atoms with van der Waals surface area (Å²) < 4.78 is 7.33. The predicted octanol–water partition coefficient (Wildman–Crippen LogP) is 1.86. The molecule has 0 saturated heterocycles. The second-order valence-electron chi connectivity index (χ2n) is 4.57. The molecule has 1 aromatic heterocycles. The zero-order valence-corrected chi connectivity index (χ0v) is 12.5. The Morgan fingerprint density at radius 2 is 2.14 bits per heavy atom. The minimum Gasteiger partial charge on any atom is -0.492 e. The van der Waals surface area contributed by atoms with Gasteiger partial charge in [0.2, 0.25) is 5.91 Å². The number of rotatable bonds is 7. The van der Waals surface area contributed by atoms with Crippen LogP contribution in [0, 0.1) is 0 Å². The number of carbonyl (C=O) groups is 1. The van der Waals surface area contributed by atoms with Gasteiger partial charge in [-0.3, -0.25) is 4.79 Å². The van der Waals surface area contributed by atoms with Crippen LogP contribution in [0.5, 0.6) is 5.75 Å². The summed E-state index contributed by atoms with van der Waals surface area (Å²) in [6.07, 6.45) is 3.59. The number of ether oxygens (including phenoxy) is 1. The lowest BCUT2D eigenvalue weighted by atomic mass is 10.3.